The van der Waals surface area contributed by atoms with E-state index in [0.29, 0.717) is 23.1 Å². The fourth-order valence-electron chi connectivity index (χ4n) is 6.78. The molecule has 0 unspecified atom stereocenters. The number of esters is 1. The Kier molecular flexibility index (Phi) is 8.78. The second kappa shape index (κ2) is 12.3. The highest BCUT2D eigenvalue weighted by molar-refractivity contribution is 5.99. The van der Waals surface area contributed by atoms with Crippen LogP contribution in [0.2, 0.25) is 0 Å². The summed E-state index contributed by atoms with van der Waals surface area (Å²) < 4.78 is 21.4. The van der Waals surface area contributed by atoms with Crippen LogP contribution in [0.4, 0.5) is 4.39 Å². The molecule has 220 valence electrons. The first kappa shape index (κ1) is 29.2. The molecule has 7 nitrogen and oxygen atoms in total. The monoisotopic (exact) mass is 562 g/mol. The van der Waals surface area contributed by atoms with Crippen LogP contribution in [0.15, 0.2) is 36.8 Å². The van der Waals surface area contributed by atoms with Crippen molar-refractivity contribution in [2.45, 2.75) is 65.3 Å². The quantitative estimate of drug-likeness (QED) is 0.325. The molecule has 1 aromatic carbocycles. The number of likely N-dealkylation sites (tertiary alicyclic amines) is 1. The Morgan fingerprint density at radius 2 is 1.88 bits per heavy atom. The van der Waals surface area contributed by atoms with Gasteiger partial charge in [-0.2, -0.15) is 0 Å². The number of hydrogen-bond acceptors (Lipinski definition) is 5. The lowest BCUT2D eigenvalue weighted by Gasteiger charge is -2.30. The van der Waals surface area contributed by atoms with Gasteiger partial charge in [0.1, 0.15) is 5.82 Å². The minimum absolute atomic E-state index is 0.00676. The molecule has 1 saturated heterocycles. The topological polar surface area (TPSA) is 67.7 Å². The number of carbonyl (C=O) groups excluding carboxylic acids is 2. The Balaban J connectivity index is 1.35. The van der Waals surface area contributed by atoms with E-state index in [1.165, 1.54) is 30.2 Å². The van der Waals surface area contributed by atoms with Crippen molar-refractivity contribution in [3.05, 3.63) is 59.3 Å². The summed E-state index contributed by atoms with van der Waals surface area (Å²) in [6.45, 7) is 9.24. The Morgan fingerprint density at radius 3 is 2.59 bits per heavy atom. The van der Waals surface area contributed by atoms with Gasteiger partial charge >= 0.3 is 5.97 Å². The summed E-state index contributed by atoms with van der Waals surface area (Å²) in [5.74, 6) is 0.562. The molecule has 1 aliphatic carbocycles. The van der Waals surface area contributed by atoms with Crippen molar-refractivity contribution in [2.75, 3.05) is 33.8 Å². The third-order valence-corrected chi connectivity index (χ3v) is 9.30. The number of hydrogen-bond donors (Lipinski definition) is 0. The number of amides is 1. The Morgan fingerprint density at radius 1 is 1.12 bits per heavy atom. The number of methoxy groups -OCH3 is 1. The third kappa shape index (κ3) is 6.17. The van der Waals surface area contributed by atoms with Gasteiger partial charge < -0.3 is 19.1 Å². The molecule has 3 heterocycles. The predicted octanol–water partition coefficient (Wildman–Crippen LogP) is 5.80. The molecule has 2 aromatic heterocycles. The molecule has 5 rings (SSSR count). The molecule has 8 heteroatoms. The van der Waals surface area contributed by atoms with E-state index in [1.54, 1.807) is 18.0 Å². The average Bonchev–Trinajstić information content (AvgIpc) is 3.57. The van der Waals surface area contributed by atoms with Crippen LogP contribution in [0, 0.1) is 30.5 Å². The van der Waals surface area contributed by atoms with Gasteiger partial charge in [-0.15, -0.1) is 0 Å². The molecule has 0 N–H and O–H groups in total. The van der Waals surface area contributed by atoms with Gasteiger partial charge in [-0.05, 0) is 107 Å². The number of pyridine rings is 1. The van der Waals surface area contributed by atoms with Crippen molar-refractivity contribution < 1.29 is 18.7 Å². The van der Waals surface area contributed by atoms with Gasteiger partial charge in [-0.3, -0.25) is 14.6 Å². The molecule has 0 radical (unpaired) electrons. The number of aromatic nitrogens is 2. The fraction of sp³-hybridized carbons (Fsp3) is 0.545. The van der Waals surface area contributed by atoms with Crippen LogP contribution in [-0.2, 0) is 16.0 Å². The zero-order valence-corrected chi connectivity index (χ0v) is 25.0. The maximum Gasteiger partial charge on any atom is 0.308 e. The Bertz CT molecular complexity index is 1410. The lowest BCUT2D eigenvalue weighted by molar-refractivity contribution is -0.146. The lowest BCUT2D eigenvalue weighted by atomic mass is 9.82. The van der Waals surface area contributed by atoms with Gasteiger partial charge in [0.15, 0.2) is 0 Å². The van der Waals surface area contributed by atoms with Gasteiger partial charge in [-0.25, -0.2) is 4.39 Å². The van der Waals surface area contributed by atoms with Crippen molar-refractivity contribution in [1.82, 2.24) is 19.4 Å². The van der Waals surface area contributed by atoms with Crippen LogP contribution in [0.3, 0.4) is 0 Å². The van der Waals surface area contributed by atoms with E-state index < -0.39 is 5.82 Å². The van der Waals surface area contributed by atoms with Crippen LogP contribution in [0.25, 0.3) is 16.6 Å². The van der Waals surface area contributed by atoms with E-state index in [4.69, 9.17) is 4.74 Å². The lowest BCUT2D eigenvalue weighted by Crippen LogP contribution is -2.33. The molecule has 41 heavy (non-hydrogen) atoms. The number of ether oxygens (including phenoxy) is 1. The zero-order chi connectivity index (χ0) is 29.3. The molecule has 0 bridgehead atoms. The molecule has 2 fully saturated rings. The van der Waals surface area contributed by atoms with E-state index in [1.807, 2.05) is 30.8 Å². The highest BCUT2D eigenvalue weighted by Gasteiger charge is 2.31. The van der Waals surface area contributed by atoms with Gasteiger partial charge in [-0.1, -0.05) is 0 Å². The number of nitrogens with zero attached hydrogens (tertiary/aromatic N) is 4. The molecule has 1 aliphatic heterocycles. The standard InChI is InChI=1S/C33H43FN4O3/c1-21(2)36(4)32(39)28-15-27(34)10-11-29(28)38-20-26(31-22(3)16-35-17-30(31)38)14-24-12-13-37(19-24)18-23-6-8-25(9-7-23)33(40)41-5/h10-11,15-17,20-21,23-25H,6-9,12-14,18-19H2,1-5H3/t23-,24-,25+/m0/s1. The fourth-order valence-corrected chi connectivity index (χ4v) is 6.78. The second-order valence-corrected chi connectivity index (χ2v) is 12.4. The smallest absolute Gasteiger partial charge is 0.308 e. The Labute approximate surface area is 242 Å². The molecule has 0 spiro atoms. The number of aryl methyl sites for hydroxylation is 1. The second-order valence-electron chi connectivity index (χ2n) is 12.4. The largest absolute Gasteiger partial charge is 0.469 e. The number of carbonyl (C=O) groups is 2. The minimum atomic E-state index is -0.426. The van der Waals surface area contributed by atoms with Crippen molar-refractivity contribution in [2.24, 2.45) is 17.8 Å². The van der Waals surface area contributed by atoms with Crippen LogP contribution >= 0.6 is 0 Å². The zero-order valence-electron chi connectivity index (χ0n) is 25.0. The summed E-state index contributed by atoms with van der Waals surface area (Å²) in [6.07, 6.45) is 12.0. The summed E-state index contributed by atoms with van der Waals surface area (Å²) >= 11 is 0. The molecule has 2 aliphatic rings. The number of rotatable bonds is 8. The van der Waals surface area contributed by atoms with Gasteiger partial charge in [0, 0.05) is 44.0 Å². The average molecular weight is 563 g/mol. The molecular weight excluding hydrogens is 519 g/mol. The van der Waals surface area contributed by atoms with E-state index in [-0.39, 0.29) is 23.8 Å². The van der Waals surface area contributed by atoms with Crippen LogP contribution in [0.1, 0.15) is 67.4 Å². The summed E-state index contributed by atoms with van der Waals surface area (Å²) in [7, 11) is 3.24. The molecule has 3 aromatic rings. The van der Waals surface area contributed by atoms with E-state index in [0.717, 1.165) is 69.2 Å². The van der Waals surface area contributed by atoms with Crippen LogP contribution < -0.4 is 0 Å². The highest BCUT2D eigenvalue weighted by atomic mass is 19.1. The van der Waals surface area contributed by atoms with Gasteiger partial charge in [0.05, 0.1) is 36.0 Å². The molecular formula is C33H43FN4O3. The number of fused-ring (bicyclic) bond motifs is 1. The van der Waals surface area contributed by atoms with Crippen molar-refractivity contribution in [3.8, 4) is 5.69 Å². The molecule has 1 atom stereocenters. The first-order valence-corrected chi connectivity index (χ1v) is 15.0. The van der Waals surface area contributed by atoms with E-state index in [2.05, 4.69) is 23.0 Å². The summed E-state index contributed by atoms with van der Waals surface area (Å²) in [6, 6.07) is 4.46. The minimum Gasteiger partial charge on any atom is -0.469 e. The van der Waals surface area contributed by atoms with Crippen molar-refractivity contribution >= 4 is 22.8 Å². The van der Waals surface area contributed by atoms with Crippen LogP contribution in [-0.4, -0.2) is 71.1 Å². The normalized spacial score (nSPS) is 21.5. The summed E-state index contributed by atoms with van der Waals surface area (Å²) in [4.78, 5) is 34.0. The highest BCUT2D eigenvalue weighted by Crippen LogP contribution is 2.34. The summed E-state index contributed by atoms with van der Waals surface area (Å²) in [5.41, 5.74) is 4.29. The van der Waals surface area contributed by atoms with Crippen LogP contribution in [0.5, 0.6) is 0 Å². The van der Waals surface area contributed by atoms with E-state index >= 15 is 0 Å². The summed E-state index contributed by atoms with van der Waals surface area (Å²) in [5, 5.41) is 1.17. The maximum atomic E-state index is 14.4. The number of halogens is 1. The van der Waals surface area contributed by atoms with Crippen molar-refractivity contribution in [1.29, 1.82) is 0 Å². The van der Waals surface area contributed by atoms with Gasteiger partial charge in [0.25, 0.3) is 5.91 Å². The predicted molar refractivity (Wildman–Crippen MR) is 159 cm³/mol. The third-order valence-electron chi connectivity index (χ3n) is 9.30. The first-order chi connectivity index (χ1) is 19.7. The van der Waals surface area contributed by atoms with Crippen molar-refractivity contribution in [3.63, 3.8) is 0 Å². The maximum absolute atomic E-state index is 14.4. The Hall–Kier alpha value is -3.26. The molecule has 1 amide bonds. The van der Waals surface area contributed by atoms with E-state index in [9.17, 15) is 14.0 Å². The first-order valence-electron chi connectivity index (χ1n) is 15.0. The van der Waals surface area contributed by atoms with Gasteiger partial charge in [0.2, 0.25) is 0 Å². The SMILES string of the molecule is COC(=O)[C@H]1CC[C@@H](CN2CC[C@@H](Cc3cn(-c4ccc(F)cc4C(=O)N(C)C(C)C)c4cncc(C)c34)C2)CC1. The molecule has 1 saturated carbocycles. The number of benzene rings is 1.